The number of ether oxygens (including phenoxy) is 3. The molecule has 1 heterocycles. The van der Waals surface area contributed by atoms with Gasteiger partial charge in [0.1, 0.15) is 18.1 Å². The fourth-order valence-electron chi connectivity index (χ4n) is 3.68. The average Bonchev–Trinajstić information content (AvgIpc) is 3.38. The van der Waals surface area contributed by atoms with E-state index < -0.39 is 6.09 Å². The standard InChI is InChI=1S/C28H34N2O7/c1-3-34-26(35-4-2)12-7-15-29-27(31)25-14-13-24(37-25)19-36-23-11-6-10-22(17-23)21-9-5-8-20(16-21)18-30-28(32)33/h5-6,8-11,13-14,16-17,26,30H,3-4,7,12,15,18-19H2,1-2H3,(H,29,31)(H,32,33). The van der Waals surface area contributed by atoms with Gasteiger partial charge in [-0.25, -0.2) is 4.79 Å². The summed E-state index contributed by atoms with van der Waals surface area (Å²) >= 11 is 0. The van der Waals surface area contributed by atoms with Gasteiger partial charge in [-0.3, -0.25) is 4.79 Å². The Kier molecular flexibility index (Phi) is 11.0. The third-order valence-corrected chi connectivity index (χ3v) is 5.41. The third kappa shape index (κ3) is 9.29. The Morgan fingerprint density at radius 2 is 1.68 bits per heavy atom. The second-order valence-corrected chi connectivity index (χ2v) is 8.18. The maximum Gasteiger partial charge on any atom is 0.404 e. The average molecular weight is 511 g/mol. The van der Waals surface area contributed by atoms with Gasteiger partial charge in [-0.05, 0) is 67.3 Å². The van der Waals surface area contributed by atoms with E-state index in [0.29, 0.717) is 37.7 Å². The molecule has 198 valence electrons. The molecule has 37 heavy (non-hydrogen) atoms. The van der Waals surface area contributed by atoms with Gasteiger partial charge in [0.2, 0.25) is 0 Å². The molecule has 0 saturated heterocycles. The van der Waals surface area contributed by atoms with Gasteiger partial charge in [-0.15, -0.1) is 0 Å². The van der Waals surface area contributed by atoms with Gasteiger partial charge in [0.15, 0.2) is 12.1 Å². The van der Waals surface area contributed by atoms with E-state index in [1.807, 2.05) is 62.4 Å². The quantitative estimate of drug-likeness (QED) is 0.190. The van der Waals surface area contributed by atoms with Crippen LogP contribution in [0.3, 0.4) is 0 Å². The van der Waals surface area contributed by atoms with Crippen molar-refractivity contribution in [1.29, 1.82) is 0 Å². The van der Waals surface area contributed by atoms with Crippen LogP contribution in [0.15, 0.2) is 65.1 Å². The van der Waals surface area contributed by atoms with Crippen LogP contribution >= 0.6 is 0 Å². The summed E-state index contributed by atoms with van der Waals surface area (Å²) in [6.45, 7) is 5.90. The Hall–Kier alpha value is -3.82. The molecule has 3 N–H and O–H groups in total. The first-order chi connectivity index (χ1) is 18.0. The SMILES string of the molecule is CCOC(CCCNC(=O)c1ccc(COc2cccc(-c3cccc(CNC(=O)O)c3)c2)o1)OCC. The van der Waals surface area contributed by atoms with Crippen LogP contribution in [0.4, 0.5) is 4.79 Å². The Balaban J connectivity index is 1.49. The lowest BCUT2D eigenvalue weighted by atomic mass is 10.0. The van der Waals surface area contributed by atoms with Gasteiger partial charge < -0.3 is 34.4 Å². The lowest BCUT2D eigenvalue weighted by molar-refractivity contribution is -0.139. The summed E-state index contributed by atoms with van der Waals surface area (Å²) in [7, 11) is 0. The van der Waals surface area contributed by atoms with Crippen molar-refractivity contribution in [2.24, 2.45) is 0 Å². The van der Waals surface area contributed by atoms with E-state index >= 15 is 0 Å². The zero-order chi connectivity index (χ0) is 26.5. The molecule has 0 saturated carbocycles. The number of furan rings is 1. The summed E-state index contributed by atoms with van der Waals surface area (Å²) in [5.74, 6) is 1.12. The van der Waals surface area contributed by atoms with Crippen LogP contribution in [-0.2, 0) is 22.6 Å². The Bertz CT molecular complexity index is 1140. The third-order valence-electron chi connectivity index (χ3n) is 5.41. The summed E-state index contributed by atoms with van der Waals surface area (Å²) in [6, 6.07) is 18.6. The monoisotopic (exact) mass is 510 g/mol. The zero-order valence-electron chi connectivity index (χ0n) is 21.2. The second-order valence-electron chi connectivity index (χ2n) is 8.18. The number of carboxylic acid groups (broad SMARTS) is 1. The number of hydrogen-bond donors (Lipinski definition) is 3. The maximum atomic E-state index is 12.4. The predicted octanol–water partition coefficient (Wildman–Crippen LogP) is 5.20. The molecule has 0 unspecified atom stereocenters. The Morgan fingerprint density at radius 3 is 2.41 bits per heavy atom. The van der Waals surface area contributed by atoms with Crippen LogP contribution in [0.25, 0.3) is 11.1 Å². The minimum Gasteiger partial charge on any atom is -0.486 e. The van der Waals surface area contributed by atoms with Crippen molar-refractivity contribution in [2.45, 2.75) is 46.1 Å². The minimum absolute atomic E-state index is 0.170. The largest absolute Gasteiger partial charge is 0.486 e. The molecule has 0 fully saturated rings. The number of amides is 2. The van der Waals surface area contributed by atoms with Crippen molar-refractivity contribution in [3.05, 3.63) is 77.7 Å². The van der Waals surface area contributed by atoms with Crippen LogP contribution in [0, 0.1) is 0 Å². The molecule has 2 aromatic carbocycles. The topological polar surface area (TPSA) is 119 Å². The van der Waals surface area contributed by atoms with E-state index in [2.05, 4.69) is 10.6 Å². The molecule has 3 rings (SSSR count). The molecule has 3 aromatic rings. The fourth-order valence-corrected chi connectivity index (χ4v) is 3.68. The van der Waals surface area contributed by atoms with E-state index in [-0.39, 0.29) is 31.1 Å². The van der Waals surface area contributed by atoms with E-state index in [4.69, 9.17) is 23.7 Å². The molecule has 0 spiro atoms. The van der Waals surface area contributed by atoms with Crippen molar-refractivity contribution in [3.8, 4) is 16.9 Å². The maximum absolute atomic E-state index is 12.4. The van der Waals surface area contributed by atoms with E-state index in [9.17, 15) is 9.59 Å². The van der Waals surface area contributed by atoms with E-state index in [0.717, 1.165) is 23.1 Å². The van der Waals surface area contributed by atoms with Crippen LogP contribution in [0.2, 0.25) is 0 Å². The molecule has 0 aliphatic rings. The first kappa shape index (κ1) is 27.8. The fraction of sp³-hybridized carbons (Fsp3) is 0.357. The molecule has 9 nitrogen and oxygen atoms in total. The first-order valence-electron chi connectivity index (χ1n) is 12.4. The molecule has 0 atom stereocenters. The van der Waals surface area contributed by atoms with E-state index in [1.54, 1.807) is 12.1 Å². The van der Waals surface area contributed by atoms with Gasteiger partial charge in [-0.1, -0.05) is 30.3 Å². The molecule has 0 aliphatic heterocycles. The van der Waals surface area contributed by atoms with Gasteiger partial charge >= 0.3 is 6.09 Å². The second kappa shape index (κ2) is 14.7. The molecule has 0 bridgehead atoms. The van der Waals surface area contributed by atoms with Crippen LogP contribution in [-0.4, -0.2) is 43.2 Å². The highest BCUT2D eigenvalue weighted by molar-refractivity contribution is 5.91. The summed E-state index contributed by atoms with van der Waals surface area (Å²) < 4.78 is 22.6. The van der Waals surface area contributed by atoms with Gasteiger partial charge in [-0.2, -0.15) is 0 Å². The summed E-state index contributed by atoms with van der Waals surface area (Å²) in [5.41, 5.74) is 2.74. The van der Waals surface area contributed by atoms with Gasteiger partial charge in [0, 0.05) is 32.7 Å². The van der Waals surface area contributed by atoms with Crippen molar-refractivity contribution in [2.75, 3.05) is 19.8 Å². The zero-order valence-corrected chi connectivity index (χ0v) is 21.2. The lowest BCUT2D eigenvalue weighted by Crippen LogP contribution is -2.26. The molecule has 2 amide bonds. The van der Waals surface area contributed by atoms with Crippen molar-refractivity contribution in [3.63, 3.8) is 0 Å². The number of rotatable bonds is 15. The van der Waals surface area contributed by atoms with Crippen LogP contribution in [0.1, 0.15) is 48.6 Å². The molecule has 0 radical (unpaired) electrons. The highest BCUT2D eigenvalue weighted by atomic mass is 16.7. The first-order valence-corrected chi connectivity index (χ1v) is 12.4. The van der Waals surface area contributed by atoms with Crippen molar-refractivity contribution in [1.82, 2.24) is 10.6 Å². The minimum atomic E-state index is -1.06. The number of benzene rings is 2. The molecule has 0 aliphatic carbocycles. The molecular weight excluding hydrogens is 476 g/mol. The molecular formula is C28H34N2O7. The van der Waals surface area contributed by atoms with Gasteiger partial charge in [0.25, 0.3) is 5.91 Å². The summed E-state index contributed by atoms with van der Waals surface area (Å²) in [5, 5.41) is 14.0. The van der Waals surface area contributed by atoms with Crippen LogP contribution < -0.4 is 15.4 Å². The lowest BCUT2D eigenvalue weighted by Gasteiger charge is -2.16. The normalized spacial score (nSPS) is 10.9. The molecule has 1 aromatic heterocycles. The van der Waals surface area contributed by atoms with Crippen molar-refractivity contribution >= 4 is 12.0 Å². The predicted molar refractivity (Wildman–Crippen MR) is 138 cm³/mol. The number of carbonyl (C=O) groups excluding carboxylic acids is 1. The Morgan fingerprint density at radius 1 is 0.946 bits per heavy atom. The van der Waals surface area contributed by atoms with Gasteiger partial charge in [0.05, 0.1) is 0 Å². The number of carbonyl (C=O) groups is 2. The smallest absolute Gasteiger partial charge is 0.404 e. The van der Waals surface area contributed by atoms with Crippen molar-refractivity contribution < 1.29 is 33.3 Å². The highest BCUT2D eigenvalue weighted by Gasteiger charge is 2.13. The number of hydrogen-bond acceptors (Lipinski definition) is 6. The number of nitrogens with one attached hydrogen (secondary N) is 2. The summed E-state index contributed by atoms with van der Waals surface area (Å²) in [4.78, 5) is 23.2. The molecule has 9 heteroatoms. The highest BCUT2D eigenvalue weighted by Crippen LogP contribution is 2.25. The Labute approximate surface area is 216 Å². The van der Waals surface area contributed by atoms with Crippen LogP contribution in [0.5, 0.6) is 5.75 Å². The van der Waals surface area contributed by atoms with E-state index in [1.165, 1.54) is 0 Å². The summed E-state index contributed by atoms with van der Waals surface area (Å²) in [6.07, 6.45) is 0.104.